The Kier molecular flexibility index (Phi) is 4.41. The Morgan fingerprint density at radius 2 is 2.12 bits per heavy atom. The van der Waals surface area contributed by atoms with Gasteiger partial charge in [-0.25, -0.2) is 0 Å². The molecule has 0 heteroatoms. The smallest absolute Gasteiger partial charge is 0.0172 e. The number of rotatable bonds is 3. The van der Waals surface area contributed by atoms with Crippen molar-refractivity contribution >= 4 is 0 Å². The Balaban J connectivity index is 2.98. The molecule has 0 radical (unpaired) electrons. The Morgan fingerprint density at radius 3 is 2.62 bits per heavy atom. The normalized spacial score (nSPS) is 37.5. The van der Waals surface area contributed by atoms with Crippen LogP contribution in [-0.2, 0) is 0 Å². The second kappa shape index (κ2) is 5.21. The minimum Gasteiger partial charge on any atom is -0.0880 e. The largest absolute Gasteiger partial charge is 0.0880 e. The van der Waals surface area contributed by atoms with E-state index in [1.165, 1.54) is 6.42 Å². The van der Waals surface area contributed by atoms with Crippen molar-refractivity contribution in [1.82, 2.24) is 0 Å². The van der Waals surface area contributed by atoms with E-state index in [9.17, 15) is 0 Å². The number of allylic oxidation sites excluding steroid dienone is 4. The molecule has 0 nitrogen and oxygen atoms in total. The van der Waals surface area contributed by atoms with Crippen molar-refractivity contribution in [3.8, 4) is 0 Å². The number of hydrogen-bond donors (Lipinski definition) is 0. The van der Waals surface area contributed by atoms with E-state index >= 15 is 0 Å². The highest BCUT2D eigenvalue weighted by Gasteiger charge is 2.41. The first-order valence-corrected chi connectivity index (χ1v) is 6.77. The van der Waals surface area contributed by atoms with E-state index in [0.717, 1.165) is 12.3 Å². The lowest BCUT2D eigenvalue weighted by Crippen LogP contribution is -2.40. The second-order valence-electron chi connectivity index (χ2n) is 5.80. The molecule has 0 spiro atoms. The van der Waals surface area contributed by atoms with Gasteiger partial charge < -0.3 is 0 Å². The summed E-state index contributed by atoms with van der Waals surface area (Å²) in [6.07, 6.45) is 9.57. The van der Waals surface area contributed by atoms with Crippen molar-refractivity contribution in [2.24, 2.45) is 23.2 Å². The van der Waals surface area contributed by atoms with Crippen LogP contribution in [0.25, 0.3) is 0 Å². The Morgan fingerprint density at radius 1 is 1.50 bits per heavy atom. The quantitative estimate of drug-likeness (QED) is 0.572. The van der Waals surface area contributed by atoms with Crippen LogP contribution in [0, 0.1) is 23.2 Å². The molecule has 4 unspecified atom stereocenters. The highest BCUT2D eigenvalue weighted by molar-refractivity contribution is 5.14. The highest BCUT2D eigenvalue weighted by Crippen LogP contribution is 2.49. The molecule has 0 aromatic rings. The predicted molar refractivity (Wildman–Crippen MR) is 73.4 cm³/mol. The van der Waals surface area contributed by atoms with Crippen LogP contribution in [0.2, 0.25) is 0 Å². The van der Waals surface area contributed by atoms with Crippen LogP contribution < -0.4 is 0 Å². The first kappa shape index (κ1) is 13.5. The van der Waals surface area contributed by atoms with Gasteiger partial charge in [0.05, 0.1) is 0 Å². The van der Waals surface area contributed by atoms with Gasteiger partial charge in [-0.15, -0.1) is 0 Å². The van der Waals surface area contributed by atoms with E-state index in [1.807, 2.05) is 0 Å². The number of hydrogen-bond acceptors (Lipinski definition) is 0. The van der Waals surface area contributed by atoms with Gasteiger partial charge >= 0.3 is 0 Å². The maximum atomic E-state index is 2.48. The van der Waals surface area contributed by atoms with Crippen LogP contribution >= 0.6 is 0 Å². The fourth-order valence-electron chi connectivity index (χ4n) is 3.21. The minimum atomic E-state index is 0.421. The molecule has 4 atom stereocenters. The van der Waals surface area contributed by atoms with Gasteiger partial charge in [0.1, 0.15) is 0 Å². The van der Waals surface area contributed by atoms with Gasteiger partial charge in [-0.05, 0) is 42.9 Å². The van der Waals surface area contributed by atoms with E-state index in [-0.39, 0.29) is 0 Å². The third-order valence-corrected chi connectivity index (χ3v) is 5.10. The Bertz CT molecular complexity index is 284. The van der Waals surface area contributed by atoms with Crippen LogP contribution in [0.3, 0.4) is 0 Å². The van der Waals surface area contributed by atoms with E-state index in [4.69, 9.17) is 0 Å². The van der Waals surface area contributed by atoms with Gasteiger partial charge in [0, 0.05) is 0 Å². The molecular formula is C16H28. The topological polar surface area (TPSA) is 0 Å². The molecule has 0 saturated carbocycles. The van der Waals surface area contributed by atoms with E-state index < -0.39 is 0 Å². The first-order chi connectivity index (χ1) is 7.44. The summed E-state index contributed by atoms with van der Waals surface area (Å²) in [7, 11) is 0. The zero-order valence-corrected chi connectivity index (χ0v) is 11.9. The van der Waals surface area contributed by atoms with E-state index in [2.05, 4.69) is 59.8 Å². The molecule has 0 bridgehead atoms. The molecule has 1 aliphatic carbocycles. The van der Waals surface area contributed by atoms with Crippen LogP contribution in [0.5, 0.6) is 0 Å². The average Bonchev–Trinajstić information content (AvgIpc) is 2.25. The summed E-state index contributed by atoms with van der Waals surface area (Å²) >= 11 is 0. The summed E-state index contributed by atoms with van der Waals surface area (Å²) in [4.78, 5) is 0. The summed E-state index contributed by atoms with van der Waals surface area (Å²) in [6, 6.07) is 0. The summed E-state index contributed by atoms with van der Waals surface area (Å²) in [5.41, 5.74) is 1.99. The summed E-state index contributed by atoms with van der Waals surface area (Å²) in [5.74, 6) is 2.15. The monoisotopic (exact) mass is 220 g/mol. The molecule has 0 aliphatic heterocycles. The fraction of sp³-hybridized carbons (Fsp3) is 0.750. The Labute approximate surface area is 102 Å². The maximum Gasteiger partial charge on any atom is -0.0172 e. The third-order valence-electron chi connectivity index (χ3n) is 5.10. The van der Waals surface area contributed by atoms with Crippen molar-refractivity contribution in [3.63, 3.8) is 0 Å². The van der Waals surface area contributed by atoms with E-state index in [0.29, 0.717) is 17.3 Å². The molecular weight excluding hydrogens is 192 g/mol. The zero-order valence-electron chi connectivity index (χ0n) is 11.9. The van der Waals surface area contributed by atoms with Crippen molar-refractivity contribution in [2.45, 2.75) is 54.4 Å². The van der Waals surface area contributed by atoms with Crippen molar-refractivity contribution in [1.29, 1.82) is 0 Å². The molecule has 16 heavy (non-hydrogen) atoms. The van der Waals surface area contributed by atoms with Crippen LogP contribution in [0.4, 0.5) is 0 Å². The molecule has 0 saturated heterocycles. The molecule has 0 heterocycles. The standard InChI is InChI=1S/C16H28/c1-7-9-12(2)15(5)16(6)13(3)10-8-11-14(16)4/h8-10,13-15H,7,11H2,1-6H3. The van der Waals surface area contributed by atoms with Crippen molar-refractivity contribution in [3.05, 3.63) is 23.8 Å². The molecule has 0 aromatic carbocycles. The minimum absolute atomic E-state index is 0.421. The maximum absolute atomic E-state index is 2.48. The molecule has 92 valence electrons. The SMILES string of the molecule is CCC=C(C)C(C)C1(C)C(C)C=CCC1C. The molecule has 1 aliphatic rings. The molecule has 0 amide bonds. The van der Waals surface area contributed by atoms with Gasteiger partial charge in [0.15, 0.2) is 0 Å². The summed E-state index contributed by atoms with van der Waals surface area (Å²) < 4.78 is 0. The molecule has 0 aromatic heterocycles. The molecule has 0 fully saturated rings. The van der Waals surface area contributed by atoms with Gasteiger partial charge in [-0.3, -0.25) is 0 Å². The Hall–Kier alpha value is -0.520. The van der Waals surface area contributed by atoms with Crippen LogP contribution in [0.1, 0.15) is 54.4 Å². The lowest BCUT2D eigenvalue weighted by Gasteiger charge is -2.47. The highest BCUT2D eigenvalue weighted by atomic mass is 14.5. The fourth-order valence-corrected chi connectivity index (χ4v) is 3.21. The predicted octanol–water partition coefficient (Wildman–Crippen LogP) is 5.22. The summed E-state index contributed by atoms with van der Waals surface area (Å²) in [5, 5.41) is 0. The van der Waals surface area contributed by atoms with Crippen LogP contribution in [-0.4, -0.2) is 0 Å². The lowest BCUT2D eigenvalue weighted by atomic mass is 9.57. The first-order valence-electron chi connectivity index (χ1n) is 6.77. The van der Waals surface area contributed by atoms with Crippen LogP contribution in [0.15, 0.2) is 23.8 Å². The molecule has 0 N–H and O–H groups in total. The average molecular weight is 220 g/mol. The summed E-state index contributed by atoms with van der Waals surface area (Å²) in [6.45, 7) is 14.2. The molecule has 1 rings (SSSR count). The second-order valence-corrected chi connectivity index (χ2v) is 5.80. The van der Waals surface area contributed by atoms with Crippen molar-refractivity contribution < 1.29 is 0 Å². The van der Waals surface area contributed by atoms with Gasteiger partial charge in [-0.2, -0.15) is 0 Å². The zero-order chi connectivity index (χ0) is 12.3. The lowest BCUT2D eigenvalue weighted by molar-refractivity contribution is 0.0790. The van der Waals surface area contributed by atoms with Gasteiger partial charge in [0.25, 0.3) is 0 Å². The van der Waals surface area contributed by atoms with Crippen molar-refractivity contribution in [2.75, 3.05) is 0 Å². The van der Waals surface area contributed by atoms with E-state index in [1.54, 1.807) is 5.57 Å². The van der Waals surface area contributed by atoms with Gasteiger partial charge in [0.2, 0.25) is 0 Å². The van der Waals surface area contributed by atoms with Gasteiger partial charge in [-0.1, -0.05) is 58.4 Å². The third kappa shape index (κ3) is 2.26.